The van der Waals surface area contributed by atoms with Gasteiger partial charge in [0.1, 0.15) is 11.4 Å². The third-order valence-electron chi connectivity index (χ3n) is 4.05. The third kappa shape index (κ3) is 5.05. The maximum Gasteiger partial charge on any atom is 0.410 e. The van der Waals surface area contributed by atoms with E-state index in [-0.39, 0.29) is 11.5 Å². The van der Waals surface area contributed by atoms with Gasteiger partial charge in [-0.1, -0.05) is 6.92 Å². The molecule has 0 aromatic carbocycles. The molecule has 0 atom stereocenters. The molecule has 1 amide bonds. The number of hydrogen-bond donors (Lipinski definition) is 1. The predicted octanol–water partition coefficient (Wildman–Crippen LogP) is 3.41. The number of nitrogens with zero attached hydrogens (tertiary/aromatic N) is 1. The van der Waals surface area contributed by atoms with Crippen LogP contribution in [0.15, 0.2) is 22.8 Å². The first-order valence-corrected chi connectivity index (χ1v) is 7.98. The number of hydrogen-bond acceptors (Lipinski definition) is 4. The largest absolute Gasteiger partial charge is 0.468 e. The molecule has 1 aromatic heterocycles. The Balaban J connectivity index is 1.74. The SMILES string of the molecule is CC1(CNCc2ccco2)CCN(C(=O)OC(C)(C)C)CC1. The quantitative estimate of drug-likeness (QED) is 0.926. The summed E-state index contributed by atoms with van der Waals surface area (Å²) in [4.78, 5) is 13.9. The first kappa shape index (κ1) is 16.9. The zero-order valence-corrected chi connectivity index (χ0v) is 14.1. The van der Waals surface area contributed by atoms with E-state index in [2.05, 4.69) is 12.2 Å². The van der Waals surface area contributed by atoms with Crippen molar-refractivity contribution in [1.82, 2.24) is 10.2 Å². The van der Waals surface area contributed by atoms with E-state index in [1.165, 1.54) is 0 Å². The molecule has 0 aliphatic carbocycles. The average Bonchev–Trinajstić information content (AvgIpc) is 2.90. The lowest BCUT2D eigenvalue weighted by atomic mass is 9.80. The van der Waals surface area contributed by atoms with Crippen molar-refractivity contribution >= 4 is 6.09 Å². The molecule has 1 aliphatic heterocycles. The summed E-state index contributed by atoms with van der Waals surface area (Å²) in [6.07, 6.45) is 3.46. The molecule has 2 heterocycles. The molecule has 2 rings (SSSR count). The summed E-state index contributed by atoms with van der Waals surface area (Å²) in [7, 11) is 0. The smallest absolute Gasteiger partial charge is 0.410 e. The Labute approximate surface area is 133 Å². The van der Waals surface area contributed by atoms with Crippen molar-refractivity contribution in [3.05, 3.63) is 24.2 Å². The molecule has 1 aliphatic rings. The third-order valence-corrected chi connectivity index (χ3v) is 4.05. The van der Waals surface area contributed by atoms with Crippen LogP contribution in [0.3, 0.4) is 0 Å². The second-order valence-electron chi connectivity index (χ2n) is 7.46. The number of furan rings is 1. The second kappa shape index (κ2) is 6.73. The standard InChI is InChI=1S/C17H28N2O3/c1-16(2,3)22-15(20)19-9-7-17(4,8-10-19)13-18-12-14-6-5-11-21-14/h5-6,11,18H,7-10,12-13H2,1-4H3. The van der Waals surface area contributed by atoms with Gasteiger partial charge in [0.05, 0.1) is 12.8 Å². The minimum atomic E-state index is -0.428. The van der Waals surface area contributed by atoms with Gasteiger partial charge < -0.3 is 19.4 Å². The highest BCUT2D eigenvalue weighted by Crippen LogP contribution is 2.30. The number of rotatable bonds is 4. The van der Waals surface area contributed by atoms with Gasteiger partial charge in [0.25, 0.3) is 0 Å². The predicted molar refractivity (Wildman–Crippen MR) is 85.6 cm³/mol. The summed E-state index contributed by atoms with van der Waals surface area (Å²) in [6.45, 7) is 11.2. The molecule has 1 saturated heterocycles. The number of amides is 1. The fourth-order valence-corrected chi connectivity index (χ4v) is 2.63. The number of ether oxygens (including phenoxy) is 1. The topological polar surface area (TPSA) is 54.7 Å². The van der Waals surface area contributed by atoms with Crippen molar-refractivity contribution in [3.63, 3.8) is 0 Å². The fourth-order valence-electron chi connectivity index (χ4n) is 2.63. The Hall–Kier alpha value is -1.49. The van der Waals surface area contributed by atoms with E-state index >= 15 is 0 Å². The summed E-state index contributed by atoms with van der Waals surface area (Å²) >= 11 is 0. The van der Waals surface area contributed by atoms with Gasteiger partial charge in [0.2, 0.25) is 0 Å². The molecule has 1 aromatic rings. The van der Waals surface area contributed by atoms with Crippen LogP contribution in [0.4, 0.5) is 4.79 Å². The summed E-state index contributed by atoms with van der Waals surface area (Å²) < 4.78 is 10.8. The molecule has 5 heteroatoms. The number of piperidine rings is 1. The van der Waals surface area contributed by atoms with Crippen molar-refractivity contribution < 1.29 is 13.9 Å². The maximum absolute atomic E-state index is 12.1. The van der Waals surface area contributed by atoms with E-state index in [9.17, 15) is 4.79 Å². The van der Waals surface area contributed by atoms with Gasteiger partial charge in [-0.05, 0) is 51.2 Å². The van der Waals surface area contributed by atoms with Crippen LogP contribution >= 0.6 is 0 Å². The second-order valence-corrected chi connectivity index (χ2v) is 7.46. The Morgan fingerprint density at radius 2 is 2.09 bits per heavy atom. The highest BCUT2D eigenvalue weighted by Gasteiger charge is 2.33. The number of carbonyl (C=O) groups excluding carboxylic acids is 1. The molecule has 1 N–H and O–H groups in total. The molecule has 0 spiro atoms. The summed E-state index contributed by atoms with van der Waals surface area (Å²) in [6, 6.07) is 3.87. The van der Waals surface area contributed by atoms with E-state index in [0.29, 0.717) is 0 Å². The monoisotopic (exact) mass is 308 g/mol. The van der Waals surface area contributed by atoms with Crippen LogP contribution in [0.25, 0.3) is 0 Å². The molecule has 22 heavy (non-hydrogen) atoms. The van der Waals surface area contributed by atoms with Gasteiger partial charge in [-0.15, -0.1) is 0 Å². The molecule has 0 radical (unpaired) electrons. The van der Waals surface area contributed by atoms with Crippen LogP contribution in [0, 0.1) is 5.41 Å². The summed E-state index contributed by atoms with van der Waals surface area (Å²) in [5.74, 6) is 0.954. The van der Waals surface area contributed by atoms with Crippen LogP contribution in [-0.4, -0.2) is 36.2 Å². The van der Waals surface area contributed by atoms with Gasteiger partial charge in [-0.2, -0.15) is 0 Å². The molecule has 0 bridgehead atoms. The highest BCUT2D eigenvalue weighted by molar-refractivity contribution is 5.68. The van der Waals surface area contributed by atoms with Crippen LogP contribution < -0.4 is 5.32 Å². The minimum Gasteiger partial charge on any atom is -0.468 e. The van der Waals surface area contributed by atoms with Crippen molar-refractivity contribution in [2.75, 3.05) is 19.6 Å². The van der Waals surface area contributed by atoms with Crippen LogP contribution in [0.2, 0.25) is 0 Å². The van der Waals surface area contributed by atoms with Crippen molar-refractivity contribution in [2.45, 2.75) is 52.7 Å². The summed E-state index contributed by atoms with van der Waals surface area (Å²) in [5, 5.41) is 3.45. The van der Waals surface area contributed by atoms with Gasteiger partial charge in [-0.25, -0.2) is 4.79 Å². The molecule has 0 saturated carbocycles. The summed E-state index contributed by atoms with van der Waals surface area (Å²) in [5.41, 5.74) is -0.215. The molecular formula is C17H28N2O3. The Morgan fingerprint density at radius 1 is 1.41 bits per heavy atom. The first-order valence-electron chi connectivity index (χ1n) is 7.98. The van der Waals surface area contributed by atoms with E-state index < -0.39 is 5.60 Å². The Morgan fingerprint density at radius 3 is 2.64 bits per heavy atom. The molecule has 1 fully saturated rings. The first-order chi connectivity index (χ1) is 10.3. The van der Waals surface area contributed by atoms with E-state index in [0.717, 1.165) is 44.8 Å². The minimum absolute atomic E-state index is 0.196. The molecule has 0 unspecified atom stereocenters. The van der Waals surface area contributed by atoms with Crippen molar-refractivity contribution in [1.29, 1.82) is 0 Å². The zero-order valence-electron chi connectivity index (χ0n) is 14.1. The number of likely N-dealkylation sites (tertiary alicyclic amines) is 1. The van der Waals surface area contributed by atoms with Crippen LogP contribution in [0.1, 0.15) is 46.3 Å². The van der Waals surface area contributed by atoms with E-state index in [1.807, 2.05) is 37.8 Å². The zero-order chi connectivity index (χ0) is 16.2. The van der Waals surface area contributed by atoms with Crippen molar-refractivity contribution in [2.24, 2.45) is 5.41 Å². The molecule has 124 valence electrons. The van der Waals surface area contributed by atoms with Gasteiger partial charge in [-0.3, -0.25) is 0 Å². The Kier molecular flexibility index (Phi) is 5.16. The van der Waals surface area contributed by atoms with Gasteiger partial charge in [0, 0.05) is 19.6 Å². The highest BCUT2D eigenvalue weighted by atomic mass is 16.6. The number of nitrogens with one attached hydrogen (secondary N) is 1. The van der Waals surface area contributed by atoms with Crippen LogP contribution in [-0.2, 0) is 11.3 Å². The maximum atomic E-state index is 12.1. The molecular weight excluding hydrogens is 280 g/mol. The van der Waals surface area contributed by atoms with Crippen molar-refractivity contribution in [3.8, 4) is 0 Å². The average molecular weight is 308 g/mol. The number of carbonyl (C=O) groups is 1. The molecule has 5 nitrogen and oxygen atoms in total. The lowest BCUT2D eigenvalue weighted by molar-refractivity contribution is 0.0119. The van der Waals surface area contributed by atoms with Gasteiger partial charge in [0.15, 0.2) is 0 Å². The Bertz CT molecular complexity index is 469. The van der Waals surface area contributed by atoms with Crippen LogP contribution in [0.5, 0.6) is 0 Å². The van der Waals surface area contributed by atoms with E-state index in [4.69, 9.17) is 9.15 Å². The normalized spacial score (nSPS) is 18.3. The van der Waals surface area contributed by atoms with Gasteiger partial charge >= 0.3 is 6.09 Å². The lowest BCUT2D eigenvalue weighted by Gasteiger charge is -2.39. The lowest BCUT2D eigenvalue weighted by Crippen LogP contribution is -2.47. The van der Waals surface area contributed by atoms with E-state index in [1.54, 1.807) is 6.26 Å². The fraction of sp³-hybridized carbons (Fsp3) is 0.706.